The minimum Gasteiger partial charge on any atom is -0.478 e. The van der Waals surface area contributed by atoms with Crippen LogP contribution in [0.2, 0.25) is 0 Å². The van der Waals surface area contributed by atoms with Crippen molar-refractivity contribution in [3.05, 3.63) is 47.5 Å². The zero-order valence-electron chi connectivity index (χ0n) is 12.5. The highest BCUT2D eigenvalue weighted by molar-refractivity contribution is 5.87. The van der Waals surface area contributed by atoms with Crippen molar-refractivity contribution in [1.82, 2.24) is 5.32 Å². The van der Waals surface area contributed by atoms with E-state index in [1.807, 2.05) is 0 Å². The van der Waals surface area contributed by atoms with Crippen LogP contribution in [0.1, 0.15) is 35.2 Å². The normalized spacial score (nSPS) is 25.9. The smallest absolute Gasteiger partial charge is 0.335 e. The van der Waals surface area contributed by atoms with Crippen LogP contribution in [-0.4, -0.2) is 23.5 Å². The Morgan fingerprint density at radius 2 is 1.91 bits per heavy atom. The molecule has 1 amide bonds. The lowest BCUT2D eigenvalue weighted by molar-refractivity contribution is -0.120. The quantitative estimate of drug-likeness (QED) is 0.821. The Morgan fingerprint density at radius 3 is 2.45 bits per heavy atom. The van der Waals surface area contributed by atoms with E-state index in [0.717, 1.165) is 12.1 Å². The van der Waals surface area contributed by atoms with Crippen LogP contribution in [-0.2, 0) is 11.2 Å². The molecule has 1 aromatic rings. The molecule has 2 bridgehead atoms. The van der Waals surface area contributed by atoms with Crippen LogP contribution in [0.3, 0.4) is 0 Å². The Hall–Kier alpha value is -2.10. The predicted octanol–water partition coefficient (Wildman–Crippen LogP) is 2.65. The fourth-order valence-electron chi connectivity index (χ4n) is 3.54. The lowest BCUT2D eigenvalue weighted by atomic mass is 9.69. The summed E-state index contributed by atoms with van der Waals surface area (Å²) in [5, 5.41) is 11.9. The number of amides is 1. The molecule has 116 valence electrons. The van der Waals surface area contributed by atoms with Crippen molar-refractivity contribution in [1.29, 1.82) is 0 Å². The highest BCUT2D eigenvalue weighted by Gasteiger charge is 2.31. The lowest BCUT2D eigenvalue weighted by Crippen LogP contribution is -2.37. The van der Waals surface area contributed by atoms with Gasteiger partial charge in [-0.15, -0.1) is 0 Å². The van der Waals surface area contributed by atoms with Gasteiger partial charge in [0.1, 0.15) is 0 Å². The molecule has 4 heteroatoms. The third-order valence-electron chi connectivity index (χ3n) is 4.84. The number of carboxylic acid groups (broad SMARTS) is 1. The van der Waals surface area contributed by atoms with Crippen molar-refractivity contribution in [3.63, 3.8) is 0 Å². The molecule has 0 radical (unpaired) electrons. The molecule has 0 spiro atoms. The van der Waals surface area contributed by atoms with Gasteiger partial charge in [-0.3, -0.25) is 4.79 Å². The number of carbonyl (C=O) groups is 2. The van der Waals surface area contributed by atoms with Crippen molar-refractivity contribution in [2.75, 3.05) is 6.54 Å². The van der Waals surface area contributed by atoms with Crippen LogP contribution < -0.4 is 5.32 Å². The number of fused-ring (bicyclic) bond motifs is 2. The Labute approximate surface area is 130 Å². The van der Waals surface area contributed by atoms with E-state index in [1.54, 1.807) is 12.1 Å². The molecule has 0 aliphatic heterocycles. The zero-order chi connectivity index (χ0) is 15.5. The van der Waals surface area contributed by atoms with Crippen LogP contribution in [0.15, 0.2) is 36.4 Å². The van der Waals surface area contributed by atoms with E-state index in [2.05, 4.69) is 17.5 Å². The Morgan fingerprint density at radius 1 is 1.14 bits per heavy atom. The van der Waals surface area contributed by atoms with Crippen LogP contribution in [0.5, 0.6) is 0 Å². The first-order chi connectivity index (χ1) is 10.6. The molecule has 2 N–H and O–H groups in total. The van der Waals surface area contributed by atoms with Gasteiger partial charge in [-0.25, -0.2) is 4.79 Å². The third-order valence-corrected chi connectivity index (χ3v) is 4.84. The maximum Gasteiger partial charge on any atom is 0.335 e. The van der Waals surface area contributed by atoms with Gasteiger partial charge in [0.15, 0.2) is 0 Å². The maximum atomic E-state index is 12.0. The summed E-state index contributed by atoms with van der Waals surface area (Å²) < 4.78 is 0. The van der Waals surface area contributed by atoms with Crippen molar-refractivity contribution in [3.8, 4) is 0 Å². The minimum absolute atomic E-state index is 0.00787. The number of benzene rings is 1. The summed E-state index contributed by atoms with van der Waals surface area (Å²) in [5.74, 6) is 0.961. The second-order valence-corrected chi connectivity index (χ2v) is 6.36. The fraction of sp³-hybridized carbons (Fsp3) is 0.444. The van der Waals surface area contributed by atoms with Crippen LogP contribution in [0.4, 0.5) is 0 Å². The van der Waals surface area contributed by atoms with Crippen molar-refractivity contribution < 1.29 is 14.7 Å². The predicted molar refractivity (Wildman–Crippen MR) is 83.6 cm³/mol. The highest BCUT2D eigenvalue weighted by atomic mass is 16.4. The van der Waals surface area contributed by atoms with Gasteiger partial charge in [-0.05, 0) is 54.7 Å². The number of rotatable bonds is 5. The second kappa shape index (κ2) is 6.34. The van der Waals surface area contributed by atoms with E-state index in [9.17, 15) is 9.59 Å². The van der Waals surface area contributed by atoms with Gasteiger partial charge >= 0.3 is 5.97 Å². The SMILES string of the molecule is O=C(Cc1ccc(C(=O)O)cc1)NCC1CC2C=CC1CC2. The molecule has 1 saturated carbocycles. The summed E-state index contributed by atoms with van der Waals surface area (Å²) >= 11 is 0. The second-order valence-electron chi connectivity index (χ2n) is 6.36. The average molecular weight is 299 g/mol. The highest BCUT2D eigenvalue weighted by Crippen LogP contribution is 2.39. The molecule has 1 aromatic carbocycles. The van der Waals surface area contributed by atoms with Gasteiger partial charge < -0.3 is 10.4 Å². The van der Waals surface area contributed by atoms with E-state index >= 15 is 0 Å². The van der Waals surface area contributed by atoms with E-state index in [-0.39, 0.29) is 11.5 Å². The summed E-state index contributed by atoms with van der Waals surface area (Å²) in [5.41, 5.74) is 1.08. The van der Waals surface area contributed by atoms with Crippen molar-refractivity contribution in [2.24, 2.45) is 17.8 Å². The van der Waals surface area contributed by atoms with E-state index in [0.29, 0.717) is 24.2 Å². The summed E-state index contributed by atoms with van der Waals surface area (Å²) in [7, 11) is 0. The van der Waals surface area contributed by atoms with Gasteiger partial charge in [0, 0.05) is 6.54 Å². The van der Waals surface area contributed by atoms with Crippen LogP contribution >= 0.6 is 0 Å². The number of aromatic carboxylic acids is 1. The van der Waals surface area contributed by atoms with Gasteiger partial charge in [-0.1, -0.05) is 24.3 Å². The molecule has 22 heavy (non-hydrogen) atoms. The Balaban J connectivity index is 1.48. The number of hydrogen-bond donors (Lipinski definition) is 2. The van der Waals surface area contributed by atoms with E-state index < -0.39 is 5.97 Å². The minimum atomic E-state index is -0.948. The fourth-order valence-corrected chi connectivity index (χ4v) is 3.54. The standard InChI is InChI=1S/C18H21NO3/c20-17(10-13-3-7-15(8-4-13)18(21)22)19-11-16-9-12-1-5-14(16)6-2-12/h1,3-5,7-8,12,14,16H,2,6,9-11H2,(H,19,20)(H,21,22). The topological polar surface area (TPSA) is 66.4 Å². The van der Waals surface area contributed by atoms with E-state index in [4.69, 9.17) is 5.11 Å². The molecule has 4 nitrogen and oxygen atoms in total. The van der Waals surface area contributed by atoms with Gasteiger partial charge in [0.2, 0.25) is 5.91 Å². The molecule has 3 unspecified atom stereocenters. The van der Waals surface area contributed by atoms with Crippen LogP contribution in [0, 0.1) is 17.8 Å². The molecule has 0 aromatic heterocycles. The molecule has 0 heterocycles. The summed E-state index contributed by atoms with van der Waals surface area (Å²) in [6, 6.07) is 6.48. The third kappa shape index (κ3) is 3.38. The number of carbonyl (C=O) groups excluding carboxylic acids is 1. The summed E-state index contributed by atoms with van der Waals surface area (Å²) in [4.78, 5) is 22.8. The van der Waals surface area contributed by atoms with Gasteiger partial charge in [-0.2, -0.15) is 0 Å². The molecule has 3 aliphatic carbocycles. The summed E-state index contributed by atoms with van der Waals surface area (Å²) in [6.07, 6.45) is 8.68. The molecule has 3 atom stereocenters. The number of allylic oxidation sites excluding steroid dienone is 2. The van der Waals surface area contributed by atoms with E-state index in [1.165, 1.54) is 31.4 Å². The zero-order valence-corrected chi connectivity index (χ0v) is 12.5. The molecular weight excluding hydrogens is 278 g/mol. The largest absolute Gasteiger partial charge is 0.478 e. The molecule has 4 rings (SSSR count). The van der Waals surface area contributed by atoms with Crippen molar-refractivity contribution >= 4 is 11.9 Å². The number of hydrogen-bond acceptors (Lipinski definition) is 2. The first-order valence-electron chi connectivity index (χ1n) is 7.89. The summed E-state index contributed by atoms with van der Waals surface area (Å²) in [6.45, 7) is 0.748. The first-order valence-corrected chi connectivity index (χ1v) is 7.89. The number of carboxylic acids is 1. The Bertz CT molecular complexity index is 591. The molecule has 3 aliphatic rings. The molecule has 0 saturated heterocycles. The first kappa shape index (κ1) is 14.8. The Kier molecular flexibility index (Phi) is 4.27. The van der Waals surface area contributed by atoms with Crippen molar-refractivity contribution in [2.45, 2.75) is 25.7 Å². The monoisotopic (exact) mass is 299 g/mol. The lowest BCUT2D eigenvalue weighted by Gasteiger charge is -2.38. The molecule has 1 fully saturated rings. The van der Waals surface area contributed by atoms with Gasteiger partial charge in [0.05, 0.1) is 12.0 Å². The average Bonchev–Trinajstić information content (AvgIpc) is 2.54. The van der Waals surface area contributed by atoms with Gasteiger partial charge in [0.25, 0.3) is 0 Å². The number of nitrogens with one attached hydrogen (secondary N) is 1. The molecular formula is C18H21NO3. The van der Waals surface area contributed by atoms with Crippen LogP contribution in [0.25, 0.3) is 0 Å². The maximum absolute atomic E-state index is 12.0.